The Labute approximate surface area is 150 Å². The van der Waals surface area contributed by atoms with Crippen molar-refractivity contribution in [1.82, 2.24) is 14.5 Å². The van der Waals surface area contributed by atoms with Crippen molar-refractivity contribution in [3.8, 4) is 0 Å². The van der Waals surface area contributed by atoms with Gasteiger partial charge in [0.2, 0.25) is 5.82 Å². The molecular weight excluding hydrogens is 339 g/mol. The fourth-order valence-corrected chi connectivity index (χ4v) is 3.84. The van der Waals surface area contributed by atoms with Gasteiger partial charge in [-0.25, -0.2) is 4.98 Å². The molecule has 26 heavy (non-hydrogen) atoms. The second-order valence-corrected chi connectivity index (χ2v) is 6.81. The van der Waals surface area contributed by atoms with Crippen molar-refractivity contribution in [1.29, 1.82) is 0 Å². The van der Waals surface area contributed by atoms with Gasteiger partial charge in [0.1, 0.15) is 0 Å². The molecule has 4 rings (SSSR count). The first kappa shape index (κ1) is 17.1. The maximum absolute atomic E-state index is 13.6. The highest BCUT2D eigenvalue weighted by Crippen LogP contribution is 2.36. The minimum absolute atomic E-state index is 0.225. The quantitative estimate of drug-likeness (QED) is 0.664. The van der Waals surface area contributed by atoms with Gasteiger partial charge < -0.3 is 4.57 Å². The zero-order valence-corrected chi connectivity index (χ0v) is 14.3. The predicted molar refractivity (Wildman–Crippen MR) is 94.7 cm³/mol. The van der Waals surface area contributed by atoms with E-state index in [9.17, 15) is 13.2 Å². The molecule has 1 fully saturated rings. The molecule has 0 saturated carbocycles. The summed E-state index contributed by atoms with van der Waals surface area (Å²) in [5.74, 6) is -0.787. The lowest BCUT2D eigenvalue weighted by molar-refractivity contribution is -0.148. The first-order valence-corrected chi connectivity index (χ1v) is 8.83. The lowest BCUT2D eigenvalue weighted by Crippen LogP contribution is -2.37. The van der Waals surface area contributed by atoms with Gasteiger partial charge in [0, 0.05) is 19.1 Å². The molecule has 0 spiro atoms. The van der Waals surface area contributed by atoms with E-state index >= 15 is 0 Å². The Hall–Kier alpha value is -2.34. The van der Waals surface area contributed by atoms with Gasteiger partial charge >= 0.3 is 6.18 Å². The van der Waals surface area contributed by atoms with Crippen LogP contribution in [0.25, 0.3) is 11.0 Å². The van der Waals surface area contributed by atoms with Crippen LogP contribution in [0.2, 0.25) is 0 Å². The predicted octanol–water partition coefficient (Wildman–Crippen LogP) is 4.89. The second-order valence-electron chi connectivity index (χ2n) is 6.81. The van der Waals surface area contributed by atoms with E-state index in [4.69, 9.17) is 0 Å². The van der Waals surface area contributed by atoms with Crippen LogP contribution in [0.5, 0.6) is 0 Å². The van der Waals surface area contributed by atoms with E-state index in [-0.39, 0.29) is 6.04 Å². The molecule has 0 aliphatic carbocycles. The van der Waals surface area contributed by atoms with Crippen LogP contribution >= 0.6 is 0 Å². The van der Waals surface area contributed by atoms with Crippen molar-refractivity contribution in [2.24, 2.45) is 0 Å². The van der Waals surface area contributed by atoms with E-state index in [1.54, 1.807) is 24.3 Å². The molecule has 0 bridgehead atoms. The maximum Gasteiger partial charge on any atom is 0.449 e. The molecule has 1 unspecified atom stereocenters. The Morgan fingerprint density at radius 2 is 1.73 bits per heavy atom. The fourth-order valence-electron chi connectivity index (χ4n) is 3.84. The Balaban J connectivity index is 1.66. The molecule has 1 atom stereocenters. The van der Waals surface area contributed by atoms with Crippen LogP contribution in [0.15, 0.2) is 54.6 Å². The molecule has 6 heteroatoms. The number of alkyl halides is 3. The highest BCUT2D eigenvalue weighted by Gasteiger charge is 2.40. The van der Waals surface area contributed by atoms with Crippen LogP contribution in [-0.4, -0.2) is 27.5 Å². The molecule has 3 aromatic rings. The van der Waals surface area contributed by atoms with Gasteiger partial charge in [-0.05, 0) is 37.1 Å². The highest BCUT2D eigenvalue weighted by atomic mass is 19.4. The van der Waals surface area contributed by atoms with E-state index in [1.165, 1.54) is 10.1 Å². The standard InChI is InChI=1S/C20H20F3N3/c21-20(22,23)19-24-17-10-4-5-11-18(17)26(19)16-9-6-12-25(14-16)13-15-7-2-1-3-8-15/h1-5,7-8,10-11,16H,6,9,12-14H2. The molecule has 2 heterocycles. The number of piperidine rings is 1. The molecular formula is C20H20F3N3. The summed E-state index contributed by atoms with van der Waals surface area (Å²) in [6.45, 7) is 2.25. The number of aromatic nitrogens is 2. The minimum atomic E-state index is -4.46. The van der Waals surface area contributed by atoms with Crippen LogP contribution in [-0.2, 0) is 12.7 Å². The van der Waals surface area contributed by atoms with Crippen molar-refractivity contribution in [2.45, 2.75) is 31.6 Å². The van der Waals surface area contributed by atoms with Gasteiger partial charge in [0.05, 0.1) is 11.0 Å². The summed E-state index contributed by atoms with van der Waals surface area (Å²) in [5.41, 5.74) is 2.14. The number of hydrogen-bond donors (Lipinski definition) is 0. The van der Waals surface area contributed by atoms with E-state index in [1.807, 2.05) is 18.2 Å². The van der Waals surface area contributed by atoms with Gasteiger partial charge in [0.15, 0.2) is 0 Å². The van der Waals surface area contributed by atoms with E-state index < -0.39 is 12.0 Å². The van der Waals surface area contributed by atoms with E-state index in [2.05, 4.69) is 22.0 Å². The zero-order valence-electron chi connectivity index (χ0n) is 14.3. The number of halogens is 3. The Kier molecular flexibility index (Phi) is 4.44. The highest BCUT2D eigenvalue weighted by molar-refractivity contribution is 5.76. The summed E-state index contributed by atoms with van der Waals surface area (Å²) in [4.78, 5) is 6.12. The minimum Gasteiger partial charge on any atom is -0.316 e. The summed E-state index contributed by atoms with van der Waals surface area (Å²) in [6.07, 6.45) is -2.85. The maximum atomic E-state index is 13.6. The molecule has 1 aliphatic heterocycles. The average molecular weight is 359 g/mol. The van der Waals surface area contributed by atoms with Gasteiger partial charge in [-0.2, -0.15) is 13.2 Å². The van der Waals surface area contributed by atoms with Crippen molar-refractivity contribution in [2.75, 3.05) is 13.1 Å². The smallest absolute Gasteiger partial charge is 0.316 e. The molecule has 136 valence electrons. The third kappa shape index (κ3) is 3.33. The molecule has 1 aliphatic rings. The number of rotatable bonds is 3. The second kappa shape index (κ2) is 6.76. The zero-order chi connectivity index (χ0) is 18.1. The molecule has 0 amide bonds. The van der Waals surface area contributed by atoms with Crippen molar-refractivity contribution < 1.29 is 13.2 Å². The average Bonchev–Trinajstić information content (AvgIpc) is 3.03. The van der Waals surface area contributed by atoms with Crippen LogP contribution in [0, 0.1) is 0 Å². The summed E-state index contributed by atoms with van der Waals surface area (Å²) in [6, 6.07) is 16.7. The first-order valence-electron chi connectivity index (χ1n) is 8.83. The number of likely N-dealkylation sites (tertiary alicyclic amines) is 1. The van der Waals surface area contributed by atoms with Crippen molar-refractivity contribution in [3.63, 3.8) is 0 Å². The Morgan fingerprint density at radius 1 is 1.00 bits per heavy atom. The van der Waals surface area contributed by atoms with Crippen LogP contribution < -0.4 is 0 Å². The van der Waals surface area contributed by atoms with Gasteiger partial charge in [-0.1, -0.05) is 42.5 Å². The van der Waals surface area contributed by atoms with Crippen LogP contribution in [0.4, 0.5) is 13.2 Å². The largest absolute Gasteiger partial charge is 0.449 e. The number of fused-ring (bicyclic) bond motifs is 1. The first-order chi connectivity index (χ1) is 12.5. The van der Waals surface area contributed by atoms with E-state index in [0.717, 1.165) is 25.9 Å². The third-order valence-corrected chi connectivity index (χ3v) is 4.94. The van der Waals surface area contributed by atoms with Crippen molar-refractivity contribution >= 4 is 11.0 Å². The molecule has 0 N–H and O–H groups in total. The lowest BCUT2D eigenvalue weighted by atomic mass is 10.0. The molecule has 2 aromatic carbocycles. The molecule has 3 nitrogen and oxygen atoms in total. The summed E-state index contributed by atoms with van der Waals surface area (Å²) >= 11 is 0. The Bertz CT molecular complexity index is 886. The van der Waals surface area contributed by atoms with Crippen molar-refractivity contribution in [3.05, 3.63) is 66.0 Å². The molecule has 1 saturated heterocycles. The Morgan fingerprint density at radius 3 is 2.50 bits per heavy atom. The normalized spacial score (nSPS) is 19.1. The number of benzene rings is 2. The topological polar surface area (TPSA) is 21.1 Å². The summed E-state index contributed by atoms with van der Waals surface area (Å²) in [5, 5.41) is 0. The number of imidazole rings is 1. The number of para-hydroxylation sites is 2. The fraction of sp³-hybridized carbons (Fsp3) is 0.350. The van der Waals surface area contributed by atoms with Gasteiger partial charge in [-0.3, -0.25) is 4.90 Å². The molecule has 0 radical (unpaired) electrons. The van der Waals surface area contributed by atoms with Gasteiger partial charge in [-0.15, -0.1) is 0 Å². The number of hydrogen-bond acceptors (Lipinski definition) is 2. The number of nitrogens with zero attached hydrogens (tertiary/aromatic N) is 3. The SMILES string of the molecule is FC(F)(F)c1nc2ccccc2n1C1CCCN(Cc2ccccc2)C1. The van der Waals surface area contributed by atoms with Crippen LogP contribution in [0.3, 0.4) is 0 Å². The summed E-state index contributed by atoms with van der Waals surface area (Å²) in [7, 11) is 0. The third-order valence-electron chi connectivity index (χ3n) is 4.94. The van der Waals surface area contributed by atoms with Gasteiger partial charge in [0.25, 0.3) is 0 Å². The van der Waals surface area contributed by atoms with Crippen LogP contribution in [0.1, 0.15) is 30.3 Å². The lowest BCUT2D eigenvalue weighted by Gasteiger charge is -2.34. The molecule has 1 aromatic heterocycles. The summed E-state index contributed by atoms with van der Waals surface area (Å²) < 4.78 is 42.2. The van der Waals surface area contributed by atoms with E-state index in [0.29, 0.717) is 17.6 Å². The monoisotopic (exact) mass is 359 g/mol.